The second kappa shape index (κ2) is 6.65. The Kier molecular flexibility index (Phi) is 4.88. The van der Waals surface area contributed by atoms with E-state index >= 15 is 0 Å². The first kappa shape index (κ1) is 15.4. The number of rotatable bonds is 3. The van der Waals surface area contributed by atoms with Crippen LogP contribution in [-0.2, 0) is 4.79 Å². The van der Waals surface area contributed by atoms with E-state index in [9.17, 15) is 14.0 Å². The lowest BCUT2D eigenvalue weighted by Gasteiger charge is -2.35. The minimum absolute atomic E-state index is 0.108. The van der Waals surface area contributed by atoms with Crippen LogP contribution in [0.1, 0.15) is 30.8 Å². The molecule has 1 aliphatic rings. The number of carbonyl (C=O) groups is 2. The standard InChI is InChI=1S/C15H20FN3O2/c1-11(2)10-14(20)18-6-8-19(9-7-18)15(21)12-4-3-5-13(16)17-12/h3-5,11H,6-10H2,1-2H3. The second-order valence-electron chi connectivity index (χ2n) is 5.62. The van der Waals surface area contributed by atoms with Crippen LogP contribution in [0.5, 0.6) is 0 Å². The first-order chi connectivity index (χ1) is 9.97. The second-order valence-corrected chi connectivity index (χ2v) is 5.62. The summed E-state index contributed by atoms with van der Waals surface area (Å²) in [5, 5.41) is 0. The Labute approximate surface area is 123 Å². The Bertz CT molecular complexity index is 525. The minimum atomic E-state index is -0.661. The zero-order valence-electron chi connectivity index (χ0n) is 12.4. The quantitative estimate of drug-likeness (QED) is 0.795. The number of piperazine rings is 1. The molecule has 0 saturated carbocycles. The van der Waals surface area contributed by atoms with Crippen molar-refractivity contribution in [3.63, 3.8) is 0 Å². The lowest BCUT2D eigenvalue weighted by atomic mass is 10.1. The van der Waals surface area contributed by atoms with Gasteiger partial charge in [-0.15, -0.1) is 0 Å². The van der Waals surface area contributed by atoms with Gasteiger partial charge in [0.1, 0.15) is 5.69 Å². The zero-order chi connectivity index (χ0) is 15.4. The van der Waals surface area contributed by atoms with Crippen molar-refractivity contribution in [1.82, 2.24) is 14.8 Å². The van der Waals surface area contributed by atoms with E-state index in [0.29, 0.717) is 38.5 Å². The first-order valence-corrected chi connectivity index (χ1v) is 7.17. The van der Waals surface area contributed by atoms with E-state index in [0.717, 1.165) is 0 Å². The largest absolute Gasteiger partial charge is 0.339 e. The van der Waals surface area contributed by atoms with E-state index in [1.807, 2.05) is 13.8 Å². The molecule has 0 aromatic carbocycles. The highest BCUT2D eigenvalue weighted by atomic mass is 19.1. The maximum atomic E-state index is 13.0. The van der Waals surface area contributed by atoms with Crippen LogP contribution in [0.4, 0.5) is 4.39 Å². The molecule has 1 aromatic heterocycles. The van der Waals surface area contributed by atoms with Gasteiger partial charge in [-0.25, -0.2) is 4.98 Å². The average Bonchev–Trinajstić information content (AvgIpc) is 2.46. The summed E-state index contributed by atoms with van der Waals surface area (Å²) in [6.07, 6.45) is 0.527. The van der Waals surface area contributed by atoms with Crippen molar-refractivity contribution < 1.29 is 14.0 Å². The molecule has 1 aromatic rings. The van der Waals surface area contributed by atoms with Crippen LogP contribution in [0.2, 0.25) is 0 Å². The third kappa shape index (κ3) is 4.00. The molecule has 0 unspecified atom stereocenters. The van der Waals surface area contributed by atoms with E-state index in [1.54, 1.807) is 9.80 Å². The number of pyridine rings is 1. The Morgan fingerprint density at radius 2 is 1.81 bits per heavy atom. The summed E-state index contributed by atoms with van der Waals surface area (Å²) in [4.78, 5) is 31.2. The Morgan fingerprint density at radius 3 is 2.38 bits per heavy atom. The maximum absolute atomic E-state index is 13.0. The summed E-state index contributed by atoms with van der Waals surface area (Å²) >= 11 is 0. The van der Waals surface area contributed by atoms with E-state index in [2.05, 4.69) is 4.98 Å². The van der Waals surface area contributed by atoms with Crippen molar-refractivity contribution >= 4 is 11.8 Å². The fraction of sp³-hybridized carbons (Fsp3) is 0.533. The highest BCUT2D eigenvalue weighted by molar-refractivity contribution is 5.92. The van der Waals surface area contributed by atoms with Crippen molar-refractivity contribution in [3.05, 3.63) is 29.8 Å². The summed E-state index contributed by atoms with van der Waals surface area (Å²) in [7, 11) is 0. The fourth-order valence-electron chi connectivity index (χ4n) is 2.33. The summed E-state index contributed by atoms with van der Waals surface area (Å²) in [6, 6.07) is 4.18. The van der Waals surface area contributed by atoms with Gasteiger partial charge in [0, 0.05) is 32.6 Å². The van der Waals surface area contributed by atoms with Gasteiger partial charge in [0.25, 0.3) is 5.91 Å². The number of nitrogens with zero attached hydrogens (tertiary/aromatic N) is 3. The summed E-state index contributed by atoms with van der Waals surface area (Å²) in [5.74, 6) is -0.494. The molecule has 21 heavy (non-hydrogen) atoms. The number of amides is 2. The molecular formula is C15H20FN3O2. The molecule has 0 aliphatic carbocycles. The molecule has 1 aliphatic heterocycles. The van der Waals surface area contributed by atoms with Gasteiger partial charge in [-0.05, 0) is 18.1 Å². The molecule has 2 amide bonds. The molecule has 2 heterocycles. The average molecular weight is 293 g/mol. The Hall–Kier alpha value is -1.98. The highest BCUT2D eigenvalue weighted by Gasteiger charge is 2.25. The molecule has 0 spiro atoms. The molecule has 0 bridgehead atoms. The third-order valence-corrected chi connectivity index (χ3v) is 3.44. The van der Waals surface area contributed by atoms with Crippen molar-refractivity contribution in [2.75, 3.05) is 26.2 Å². The number of aromatic nitrogens is 1. The molecule has 2 rings (SSSR count). The molecule has 1 fully saturated rings. The lowest BCUT2D eigenvalue weighted by Crippen LogP contribution is -2.50. The predicted molar refractivity (Wildman–Crippen MR) is 76.1 cm³/mol. The minimum Gasteiger partial charge on any atom is -0.339 e. The van der Waals surface area contributed by atoms with Crippen LogP contribution in [0.25, 0.3) is 0 Å². The third-order valence-electron chi connectivity index (χ3n) is 3.44. The zero-order valence-corrected chi connectivity index (χ0v) is 12.4. The Balaban J connectivity index is 1.92. The molecule has 5 nitrogen and oxygen atoms in total. The number of carbonyl (C=O) groups excluding carboxylic acids is 2. The number of halogens is 1. The van der Waals surface area contributed by atoms with Crippen LogP contribution < -0.4 is 0 Å². The number of hydrogen-bond donors (Lipinski definition) is 0. The van der Waals surface area contributed by atoms with Gasteiger partial charge < -0.3 is 9.80 Å². The topological polar surface area (TPSA) is 53.5 Å². The molecule has 0 atom stereocenters. The normalized spacial score (nSPS) is 15.4. The number of hydrogen-bond acceptors (Lipinski definition) is 3. The molecule has 1 saturated heterocycles. The van der Waals surface area contributed by atoms with Gasteiger partial charge in [-0.3, -0.25) is 9.59 Å². The summed E-state index contributed by atoms with van der Waals surface area (Å²) < 4.78 is 13.0. The van der Waals surface area contributed by atoms with Crippen LogP contribution in [-0.4, -0.2) is 52.8 Å². The van der Waals surface area contributed by atoms with Gasteiger partial charge >= 0.3 is 0 Å². The van der Waals surface area contributed by atoms with Crippen LogP contribution >= 0.6 is 0 Å². The van der Waals surface area contributed by atoms with E-state index in [-0.39, 0.29) is 17.5 Å². The molecule has 6 heteroatoms. The van der Waals surface area contributed by atoms with E-state index in [1.165, 1.54) is 18.2 Å². The van der Waals surface area contributed by atoms with Gasteiger partial charge in [0.15, 0.2) is 0 Å². The molecule has 0 N–H and O–H groups in total. The SMILES string of the molecule is CC(C)CC(=O)N1CCN(C(=O)c2cccc(F)n2)CC1. The monoisotopic (exact) mass is 293 g/mol. The first-order valence-electron chi connectivity index (χ1n) is 7.17. The highest BCUT2D eigenvalue weighted by Crippen LogP contribution is 2.10. The molecular weight excluding hydrogens is 273 g/mol. The van der Waals surface area contributed by atoms with Gasteiger partial charge in [0.05, 0.1) is 0 Å². The van der Waals surface area contributed by atoms with Crippen molar-refractivity contribution in [1.29, 1.82) is 0 Å². The molecule has 114 valence electrons. The smallest absolute Gasteiger partial charge is 0.272 e. The van der Waals surface area contributed by atoms with Crippen molar-refractivity contribution in [2.45, 2.75) is 20.3 Å². The van der Waals surface area contributed by atoms with Crippen LogP contribution in [0.15, 0.2) is 18.2 Å². The molecule has 0 radical (unpaired) electrons. The van der Waals surface area contributed by atoms with Crippen LogP contribution in [0.3, 0.4) is 0 Å². The lowest BCUT2D eigenvalue weighted by molar-refractivity contribution is -0.133. The van der Waals surface area contributed by atoms with Gasteiger partial charge in [-0.2, -0.15) is 4.39 Å². The van der Waals surface area contributed by atoms with Gasteiger partial charge in [-0.1, -0.05) is 19.9 Å². The van der Waals surface area contributed by atoms with Crippen molar-refractivity contribution in [3.8, 4) is 0 Å². The Morgan fingerprint density at radius 1 is 1.19 bits per heavy atom. The van der Waals surface area contributed by atoms with E-state index < -0.39 is 5.95 Å². The predicted octanol–water partition coefficient (Wildman–Crippen LogP) is 1.55. The summed E-state index contributed by atoms with van der Waals surface area (Å²) in [5.41, 5.74) is 0.108. The maximum Gasteiger partial charge on any atom is 0.272 e. The van der Waals surface area contributed by atoms with Crippen LogP contribution in [0, 0.1) is 11.9 Å². The van der Waals surface area contributed by atoms with E-state index in [4.69, 9.17) is 0 Å². The fourth-order valence-corrected chi connectivity index (χ4v) is 2.33. The van der Waals surface area contributed by atoms with Gasteiger partial charge in [0.2, 0.25) is 11.9 Å². The van der Waals surface area contributed by atoms with Crippen molar-refractivity contribution in [2.24, 2.45) is 5.92 Å². The summed E-state index contributed by atoms with van der Waals surface area (Å²) in [6.45, 7) is 5.97.